The lowest BCUT2D eigenvalue weighted by Crippen LogP contribution is -2.25. The molecular weight excluding hydrogens is 568 g/mol. The second kappa shape index (κ2) is 26.2. The van der Waals surface area contributed by atoms with Crippen molar-refractivity contribution in [3.63, 3.8) is 0 Å². The average Bonchev–Trinajstić information content (AvgIpc) is 2.99. The smallest absolute Gasteiger partial charge is 0.126 e. The van der Waals surface area contributed by atoms with Crippen LogP contribution in [0.25, 0.3) is 0 Å². The van der Waals surface area contributed by atoms with Crippen molar-refractivity contribution < 1.29 is 19.0 Å². The Labute approximate surface area is 285 Å². The van der Waals surface area contributed by atoms with Gasteiger partial charge in [0.25, 0.3) is 0 Å². The Kier molecular flexibility index (Phi) is 25.8. The van der Waals surface area contributed by atoms with Crippen LogP contribution in [0.3, 0.4) is 0 Å². The first-order valence-corrected chi connectivity index (χ1v) is 17.2. The van der Waals surface area contributed by atoms with Gasteiger partial charge in [0.15, 0.2) is 0 Å². The van der Waals surface area contributed by atoms with Crippen molar-refractivity contribution in [3.05, 3.63) is 82.9 Å². The Morgan fingerprint density at radius 1 is 0.783 bits per heavy atom. The second-order valence-corrected chi connectivity index (χ2v) is 13.9. The predicted octanol–water partition coefficient (Wildman–Crippen LogP) is 12.0. The number of rotatable bonds is 5. The number of carbonyl (C=O) groups excluding carboxylic acids is 1. The third-order valence-corrected chi connectivity index (χ3v) is 7.31. The molecule has 1 aliphatic heterocycles. The van der Waals surface area contributed by atoms with E-state index in [4.69, 9.17) is 14.2 Å². The van der Waals surface area contributed by atoms with Gasteiger partial charge in [-0.05, 0) is 92.3 Å². The molecule has 1 heterocycles. The zero-order valence-electron chi connectivity index (χ0n) is 32.4. The molecule has 0 radical (unpaired) electrons. The van der Waals surface area contributed by atoms with Gasteiger partial charge < -0.3 is 19.0 Å². The molecule has 0 aliphatic carbocycles. The number of hydrogen-bond donors (Lipinski definition) is 0. The summed E-state index contributed by atoms with van der Waals surface area (Å²) in [4.78, 5) is 9.44. The minimum atomic E-state index is 0.167. The lowest BCUT2D eigenvalue weighted by molar-refractivity contribution is -0.115. The SMILES string of the molecule is CC(C)=O.CCC(C)C.CCC(C)C.COc1ccc(C(C)(C)C)cc1C.Cc1cccccc(OC2CCOCC2)ccc1C. The van der Waals surface area contributed by atoms with E-state index in [-0.39, 0.29) is 17.3 Å². The summed E-state index contributed by atoms with van der Waals surface area (Å²) in [5, 5.41) is 0. The summed E-state index contributed by atoms with van der Waals surface area (Å²) in [6.45, 7) is 30.9. The van der Waals surface area contributed by atoms with E-state index in [0.29, 0.717) is 0 Å². The third-order valence-electron chi connectivity index (χ3n) is 7.31. The lowest BCUT2D eigenvalue weighted by Gasteiger charge is -2.23. The van der Waals surface area contributed by atoms with E-state index in [2.05, 4.69) is 119 Å². The zero-order chi connectivity index (χ0) is 35.7. The summed E-state index contributed by atoms with van der Waals surface area (Å²) >= 11 is 0. The maximum atomic E-state index is 9.44. The van der Waals surface area contributed by atoms with Crippen LogP contribution in [0.1, 0.15) is 124 Å². The van der Waals surface area contributed by atoms with Crippen LogP contribution in [0, 0.1) is 32.6 Å². The number of benzene rings is 1. The predicted molar refractivity (Wildman–Crippen MR) is 201 cm³/mol. The molecule has 0 saturated carbocycles. The molecule has 1 aliphatic rings. The molecule has 0 N–H and O–H groups in total. The summed E-state index contributed by atoms with van der Waals surface area (Å²) in [7, 11) is 1.71. The number of Topliss-reactive ketones (excluding diaryl/α,β-unsaturated/α-hetero) is 1. The van der Waals surface area contributed by atoms with Crippen molar-refractivity contribution in [2.75, 3.05) is 20.3 Å². The fraction of sp³-hybridized carbons (Fsp3) is 0.595. The van der Waals surface area contributed by atoms with Crippen molar-refractivity contribution in [3.8, 4) is 11.5 Å². The third kappa shape index (κ3) is 25.4. The molecule has 2 aromatic carbocycles. The van der Waals surface area contributed by atoms with E-state index in [0.717, 1.165) is 49.4 Å². The van der Waals surface area contributed by atoms with E-state index >= 15 is 0 Å². The monoisotopic (exact) mass is 639 g/mol. The van der Waals surface area contributed by atoms with Crippen LogP contribution in [0.5, 0.6) is 11.5 Å². The van der Waals surface area contributed by atoms with E-state index in [9.17, 15) is 4.79 Å². The molecule has 0 unspecified atom stereocenters. The fourth-order valence-corrected chi connectivity index (χ4v) is 3.35. The van der Waals surface area contributed by atoms with Crippen LogP contribution < -0.4 is 9.47 Å². The molecule has 262 valence electrons. The summed E-state index contributed by atoms with van der Waals surface area (Å²) in [6, 6.07) is 20.8. The lowest BCUT2D eigenvalue weighted by atomic mass is 9.86. The van der Waals surface area contributed by atoms with E-state index < -0.39 is 0 Å². The maximum absolute atomic E-state index is 9.44. The van der Waals surface area contributed by atoms with Crippen molar-refractivity contribution >= 4 is 5.78 Å². The van der Waals surface area contributed by atoms with Crippen LogP contribution >= 0.6 is 0 Å². The maximum Gasteiger partial charge on any atom is 0.126 e. The van der Waals surface area contributed by atoms with Gasteiger partial charge in [0.2, 0.25) is 0 Å². The van der Waals surface area contributed by atoms with Crippen molar-refractivity contribution in [1.82, 2.24) is 0 Å². The fourth-order valence-electron chi connectivity index (χ4n) is 3.35. The molecule has 0 spiro atoms. The molecular formula is C42H70O4. The van der Waals surface area contributed by atoms with Crippen molar-refractivity contribution in [2.45, 2.75) is 134 Å². The van der Waals surface area contributed by atoms with E-state index in [1.165, 1.54) is 48.9 Å². The van der Waals surface area contributed by atoms with E-state index in [1.807, 2.05) is 24.3 Å². The molecule has 4 nitrogen and oxygen atoms in total. The number of carbonyl (C=O) groups is 1. The highest BCUT2D eigenvalue weighted by Crippen LogP contribution is 2.27. The highest BCUT2D eigenvalue weighted by molar-refractivity contribution is 5.72. The Bertz CT molecular complexity index is 1110. The quantitative estimate of drug-likeness (QED) is 0.327. The number of ketones is 1. The second-order valence-electron chi connectivity index (χ2n) is 13.9. The zero-order valence-corrected chi connectivity index (χ0v) is 32.4. The number of aryl methyl sites for hydroxylation is 3. The van der Waals surface area contributed by atoms with Gasteiger partial charge >= 0.3 is 0 Å². The van der Waals surface area contributed by atoms with Gasteiger partial charge in [-0.25, -0.2) is 0 Å². The number of methoxy groups -OCH3 is 1. The van der Waals surface area contributed by atoms with Gasteiger partial charge in [-0.1, -0.05) is 118 Å². The van der Waals surface area contributed by atoms with Crippen LogP contribution in [-0.4, -0.2) is 32.2 Å². The largest absolute Gasteiger partial charge is 0.496 e. The topological polar surface area (TPSA) is 44.8 Å². The molecule has 0 bridgehead atoms. The van der Waals surface area contributed by atoms with Crippen LogP contribution in [0.15, 0.2) is 60.7 Å². The molecule has 3 rings (SSSR count). The Morgan fingerprint density at radius 3 is 1.70 bits per heavy atom. The Morgan fingerprint density at radius 2 is 1.26 bits per heavy atom. The summed E-state index contributed by atoms with van der Waals surface area (Å²) in [6.07, 6.45) is 4.84. The molecule has 0 atom stereocenters. The highest BCUT2D eigenvalue weighted by Gasteiger charge is 2.15. The molecule has 1 saturated heterocycles. The Balaban J connectivity index is 0. The standard InChI is InChI=1S/C17H22O2.C12H18O.2C5H12.C3H6O/c1-14-6-4-3-5-7-16(9-8-15(14)2)19-17-10-12-18-13-11-17;1-9-8-10(12(2,3)4)6-7-11(9)13-5;2*1-4-5(2)3;1-3(2)4/h3-9,17H,10-13H2,1-2H3;6-8H,1-5H3;2*5H,4H2,1-3H3;1-2H3. The van der Waals surface area contributed by atoms with Crippen molar-refractivity contribution in [2.24, 2.45) is 11.8 Å². The van der Waals surface area contributed by atoms with Crippen LogP contribution in [0.2, 0.25) is 0 Å². The first-order valence-electron chi connectivity index (χ1n) is 17.2. The first kappa shape index (κ1) is 45.3. The molecule has 2 aromatic rings. The summed E-state index contributed by atoms with van der Waals surface area (Å²) in [5.41, 5.74) is 5.30. The first-order chi connectivity index (χ1) is 21.5. The molecule has 0 amide bonds. The summed E-state index contributed by atoms with van der Waals surface area (Å²) < 4.78 is 16.6. The summed E-state index contributed by atoms with van der Waals surface area (Å²) in [5.74, 6) is 3.82. The van der Waals surface area contributed by atoms with E-state index in [1.54, 1.807) is 7.11 Å². The number of ether oxygens (including phenoxy) is 3. The number of hydrogen-bond acceptors (Lipinski definition) is 4. The van der Waals surface area contributed by atoms with Crippen LogP contribution in [0.4, 0.5) is 0 Å². The normalized spacial score (nSPS) is 12.4. The molecule has 46 heavy (non-hydrogen) atoms. The van der Waals surface area contributed by atoms with Gasteiger partial charge in [0.05, 0.1) is 20.3 Å². The molecule has 1 fully saturated rings. The van der Waals surface area contributed by atoms with Gasteiger partial charge in [0, 0.05) is 12.8 Å². The van der Waals surface area contributed by atoms with Crippen LogP contribution in [-0.2, 0) is 14.9 Å². The van der Waals surface area contributed by atoms with Gasteiger partial charge in [-0.2, -0.15) is 0 Å². The molecule has 4 heteroatoms. The minimum absolute atomic E-state index is 0.167. The average molecular weight is 639 g/mol. The molecule has 0 aromatic heterocycles. The Hall–Kier alpha value is -2.85. The van der Waals surface area contributed by atoms with Gasteiger partial charge in [-0.15, -0.1) is 0 Å². The minimum Gasteiger partial charge on any atom is -0.496 e. The van der Waals surface area contributed by atoms with Gasteiger partial charge in [-0.3, -0.25) is 0 Å². The highest BCUT2D eigenvalue weighted by atomic mass is 16.5. The van der Waals surface area contributed by atoms with Crippen molar-refractivity contribution in [1.29, 1.82) is 0 Å². The van der Waals surface area contributed by atoms with Gasteiger partial charge in [0.1, 0.15) is 23.4 Å².